The van der Waals surface area contributed by atoms with Gasteiger partial charge in [-0.05, 0) is 24.9 Å². The van der Waals surface area contributed by atoms with Gasteiger partial charge in [0.05, 0.1) is 13.1 Å². The fourth-order valence-corrected chi connectivity index (χ4v) is 2.49. The Morgan fingerprint density at radius 1 is 1.47 bits per heavy atom. The average Bonchev–Trinajstić information content (AvgIpc) is 2.74. The molecular formula is C11H17N3O. The summed E-state index contributed by atoms with van der Waals surface area (Å²) in [5.74, 6) is 3.93. The van der Waals surface area contributed by atoms with Crippen molar-refractivity contribution in [2.24, 2.45) is 11.8 Å². The Balaban J connectivity index is 1.73. The molecule has 4 nitrogen and oxygen atoms in total. The van der Waals surface area contributed by atoms with E-state index in [1.165, 1.54) is 0 Å². The van der Waals surface area contributed by atoms with Crippen LogP contribution in [-0.4, -0.2) is 50.1 Å². The zero-order valence-corrected chi connectivity index (χ0v) is 8.83. The standard InChI is InChI=1S/C11H17N3O/c1-2-3-13-11(15)8-14-6-9-4-12-5-10(9)7-14/h1,9-10,12H,3-8H2,(H,13,15)/t9-,10+. The number of terminal acetylenes is 1. The van der Waals surface area contributed by atoms with Crippen LogP contribution in [0.5, 0.6) is 0 Å². The largest absolute Gasteiger partial charge is 0.344 e. The van der Waals surface area contributed by atoms with Gasteiger partial charge < -0.3 is 10.6 Å². The van der Waals surface area contributed by atoms with E-state index in [0.29, 0.717) is 13.1 Å². The molecule has 2 aliphatic heterocycles. The average molecular weight is 207 g/mol. The fourth-order valence-electron chi connectivity index (χ4n) is 2.49. The van der Waals surface area contributed by atoms with Crippen LogP contribution in [0.4, 0.5) is 0 Å². The molecule has 2 atom stereocenters. The number of hydrogen-bond acceptors (Lipinski definition) is 3. The summed E-state index contributed by atoms with van der Waals surface area (Å²) in [6.07, 6.45) is 5.07. The first-order chi connectivity index (χ1) is 7.29. The van der Waals surface area contributed by atoms with E-state index in [-0.39, 0.29) is 5.91 Å². The van der Waals surface area contributed by atoms with Gasteiger partial charge in [-0.25, -0.2) is 0 Å². The Bertz CT molecular complexity index is 272. The van der Waals surface area contributed by atoms with E-state index in [4.69, 9.17) is 6.42 Å². The van der Waals surface area contributed by atoms with Crippen molar-refractivity contribution in [1.29, 1.82) is 0 Å². The maximum Gasteiger partial charge on any atom is 0.234 e. The number of nitrogens with zero attached hydrogens (tertiary/aromatic N) is 1. The minimum absolute atomic E-state index is 0.0425. The number of rotatable bonds is 3. The van der Waals surface area contributed by atoms with Crippen molar-refractivity contribution in [3.05, 3.63) is 0 Å². The third kappa shape index (κ3) is 2.49. The SMILES string of the molecule is C#CCNC(=O)CN1C[C@H]2CNC[C@H]2C1. The van der Waals surface area contributed by atoms with Crippen molar-refractivity contribution in [3.63, 3.8) is 0 Å². The van der Waals surface area contributed by atoms with Crippen molar-refractivity contribution in [3.8, 4) is 12.3 Å². The van der Waals surface area contributed by atoms with Crippen LogP contribution in [0.2, 0.25) is 0 Å². The number of amides is 1. The molecular weight excluding hydrogens is 190 g/mol. The van der Waals surface area contributed by atoms with Crippen LogP contribution in [0.25, 0.3) is 0 Å². The van der Waals surface area contributed by atoms with E-state index in [1.807, 2.05) is 0 Å². The third-order valence-corrected chi connectivity index (χ3v) is 3.22. The summed E-state index contributed by atoms with van der Waals surface area (Å²) in [5.41, 5.74) is 0. The molecule has 0 saturated carbocycles. The van der Waals surface area contributed by atoms with E-state index < -0.39 is 0 Å². The molecule has 2 saturated heterocycles. The Kier molecular flexibility index (Phi) is 3.24. The van der Waals surface area contributed by atoms with E-state index in [0.717, 1.165) is 38.0 Å². The van der Waals surface area contributed by atoms with Gasteiger partial charge in [0.1, 0.15) is 0 Å². The molecule has 2 rings (SSSR count). The Morgan fingerprint density at radius 3 is 2.73 bits per heavy atom. The van der Waals surface area contributed by atoms with Gasteiger partial charge in [0.2, 0.25) is 5.91 Å². The van der Waals surface area contributed by atoms with E-state index in [1.54, 1.807) is 0 Å². The van der Waals surface area contributed by atoms with E-state index in [9.17, 15) is 4.79 Å². The number of hydrogen-bond donors (Lipinski definition) is 2. The van der Waals surface area contributed by atoms with Crippen LogP contribution in [0.15, 0.2) is 0 Å². The molecule has 2 aliphatic rings. The molecule has 0 aromatic rings. The summed E-state index contributed by atoms with van der Waals surface area (Å²) in [6.45, 7) is 5.12. The summed E-state index contributed by atoms with van der Waals surface area (Å²) in [4.78, 5) is 13.6. The molecule has 82 valence electrons. The third-order valence-electron chi connectivity index (χ3n) is 3.22. The lowest BCUT2D eigenvalue weighted by Gasteiger charge is -2.15. The zero-order valence-electron chi connectivity index (χ0n) is 8.83. The molecule has 1 amide bonds. The van der Waals surface area contributed by atoms with Crippen LogP contribution < -0.4 is 10.6 Å². The van der Waals surface area contributed by atoms with Crippen molar-refractivity contribution < 1.29 is 4.79 Å². The summed E-state index contributed by atoms with van der Waals surface area (Å²) in [5, 5.41) is 6.07. The normalized spacial score (nSPS) is 29.8. The highest BCUT2D eigenvalue weighted by Gasteiger charge is 2.36. The lowest BCUT2D eigenvalue weighted by molar-refractivity contribution is -0.121. The van der Waals surface area contributed by atoms with Crippen molar-refractivity contribution in [2.45, 2.75) is 0 Å². The van der Waals surface area contributed by atoms with Crippen LogP contribution in [0.1, 0.15) is 0 Å². The second kappa shape index (κ2) is 4.65. The quantitative estimate of drug-likeness (QED) is 0.577. The Labute approximate surface area is 90.4 Å². The van der Waals surface area contributed by atoms with Gasteiger partial charge in [0, 0.05) is 13.1 Å². The summed E-state index contributed by atoms with van der Waals surface area (Å²) >= 11 is 0. The molecule has 0 aliphatic carbocycles. The highest BCUT2D eigenvalue weighted by molar-refractivity contribution is 5.78. The van der Waals surface area contributed by atoms with Gasteiger partial charge in [-0.15, -0.1) is 6.42 Å². The minimum Gasteiger partial charge on any atom is -0.344 e. The summed E-state index contributed by atoms with van der Waals surface area (Å²) in [7, 11) is 0. The molecule has 0 aromatic heterocycles. The van der Waals surface area contributed by atoms with Crippen molar-refractivity contribution >= 4 is 5.91 Å². The predicted molar refractivity (Wildman–Crippen MR) is 58.1 cm³/mol. The number of carbonyl (C=O) groups excluding carboxylic acids is 1. The first-order valence-corrected chi connectivity index (χ1v) is 5.43. The zero-order chi connectivity index (χ0) is 10.7. The first kappa shape index (κ1) is 10.5. The molecule has 0 radical (unpaired) electrons. The Morgan fingerprint density at radius 2 is 2.13 bits per heavy atom. The van der Waals surface area contributed by atoms with Crippen LogP contribution >= 0.6 is 0 Å². The molecule has 2 heterocycles. The van der Waals surface area contributed by atoms with E-state index in [2.05, 4.69) is 21.5 Å². The lowest BCUT2D eigenvalue weighted by Crippen LogP contribution is -2.37. The van der Waals surface area contributed by atoms with Gasteiger partial charge in [0.15, 0.2) is 0 Å². The molecule has 2 fully saturated rings. The lowest BCUT2D eigenvalue weighted by atomic mass is 10.0. The second-order valence-electron chi connectivity index (χ2n) is 4.35. The minimum atomic E-state index is 0.0425. The van der Waals surface area contributed by atoms with Gasteiger partial charge >= 0.3 is 0 Å². The molecule has 0 aromatic carbocycles. The van der Waals surface area contributed by atoms with E-state index >= 15 is 0 Å². The van der Waals surface area contributed by atoms with Crippen LogP contribution in [0.3, 0.4) is 0 Å². The number of nitrogens with one attached hydrogen (secondary N) is 2. The van der Waals surface area contributed by atoms with Gasteiger partial charge in [-0.3, -0.25) is 9.69 Å². The molecule has 2 N–H and O–H groups in total. The number of likely N-dealkylation sites (tertiary alicyclic amines) is 1. The number of carbonyl (C=O) groups is 1. The van der Waals surface area contributed by atoms with Gasteiger partial charge in [-0.1, -0.05) is 5.92 Å². The molecule has 4 heteroatoms. The highest BCUT2D eigenvalue weighted by Crippen LogP contribution is 2.25. The van der Waals surface area contributed by atoms with Crippen LogP contribution in [-0.2, 0) is 4.79 Å². The van der Waals surface area contributed by atoms with Crippen molar-refractivity contribution in [2.75, 3.05) is 39.3 Å². The number of fused-ring (bicyclic) bond motifs is 1. The molecule has 0 spiro atoms. The van der Waals surface area contributed by atoms with Crippen molar-refractivity contribution in [1.82, 2.24) is 15.5 Å². The molecule has 15 heavy (non-hydrogen) atoms. The molecule has 0 unspecified atom stereocenters. The molecule has 0 bridgehead atoms. The highest BCUT2D eigenvalue weighted by atomic mass is 16.2. The summed E-state index contributed by atoms with van der Waals surface area (Å²) in [6, 6.07) is 0. The first-order valence-electron chi connectivity index (χ1n) is 5.43. The van der Waals surface area contributed by atoms with Gasteiger partial charge in [0.25, 0.3) is 0 Å². The topological polar surface area (TPSA) is 44.4 Å². The smallest absolute Gasteiger partial charge is 0.234 e. The van der Waals surface area contributed by atoms with Crippen LogP contribution in [0, 0.1) is 24.2 Å². The predicted octanol–water partition coefficient (Wildman–Crippen LogP) is -1.11. The fraction of sp³-hybridized carbons (Fsp3) is 0.727. The summed E-state index contributed by atoms with van der Waals surface area (Å²) < 4.78 is 0. The Hall–Kier alpha value is -1.05. The monoisotopic (exact) mass is 207 g/mol. The second-order valence-corrected chi connectivity index (χ2v) is 4.35. The maximum absolute atomic E-state index is 11.4. The van der Waals surface area contributed by atoms with Gasteiger partial charge in [-0.2, -0.15) is 0 Å². The maximum atomic E-state index is 11.4.